The van der Waals surface area contributed by atoms with E-state index in [1.54, 1.807) is 11.6 Å². The number of fused-ring (bicyclic) bond motifs is 1. The highest BCUT2D eigenvalue weighted by molar-refractivity contribution is 5.76. The predicted octanol–water partition coefficient (Wildman–Crippen LogP) is 0.339. The lowest BCUT2D eigenvalue weighted by molar-refractivity contribution is -0.148. The van der Waals surface area contributed by atoms with Crippen molar-refractivity contribution in [1.29, 1.82) is 0 Å². The van der Waals surface area contributed by atoms with Gasteiger partial charge in [0.15, 0.2) is 11.2 Å². The molecule has 1 atom stereocenters. The summed E-state index contributed by atoms with van der Waals surface area (Å²) < 4.78 is 8.77. The molecule has 164 valence electrons. The van der Waals surface area contributed by atoms with Gasteiger partial charge in [-0.25, -0.2) is 0 Å². The molecule has 30 heavy (non-hydrogen) atoms. The van der Waals surface area contributed by atoms with E-state index >= 15 is 0 Å². The van der Waals surface area contributed by atoms with Crippen molar-refractivity contribution in [2.24, 2.45) is 13.0 Å². The maximum atomic E-state index is 13.3. The Kier molecular flexibility index (Phi) is 5.94. The minimum atomic E-state index is -0.198. The maximum Gasteiger partial charge on any atom is 0.310 e. The molecule has 2 aromatic heterocycles. The van der Waals surface area contributed by atoms with Crippen LogP contribution >= 0.6 is 0 Å². The molecule has 2 saturated heterocycles. The molecule has 0 spiro atoms. The number of carbonyl (C=O) groups excluding carboxylic acids is 1. The highest BCUT2D eigenvalue weighted by atomic mass is 16.5. The molecule has 0 amide bonds. The molecular formula is C20H31N7O3. The second-order valence-corrected chi connectivity index (χ2v) is 7.88. The summed E-state index contributed by atoms with van der Waals surface area (Å²) >= 11 is 0. The van der Waals surface area contributed by atoms with E-state index in [9.17, 15) is 9.59 Å². The van der Waals surface area contributed by atoms with Crippen molar-refractivity contribution < 1.29 is 9.53 Å². The van der Waals surface area contributed by atoms with E-state index in [4.69, 9.17) is 14.7 Å². The fourth-order valence-electron chi connectivity index (χ4n) is 4.44. The molecule has 4 rings (SSSR count). The quantitative estimate of drug-likeness (QED) is 0.696. The lowest BCUT2D eigenvalue weighted by Gasteiger charge is -2.32. The Labute approximate surface area is 175 Å². The summed E-state index contributed by atoms with van der Waals surface area (Å²) in [6, 6.07) is 0. The van der Waals surface area contributed by atoms with Gasteiger partial charge in [0.2, 0.25) is 11.9 Å². The normalized spacial score (nSPS) is 20.0. The van der Waals surface area contributed by atoms with Crippen molar-refractivity contribution in [3.05, 3.63) is 10.4 Å². The van der Waals surface area contributed by atoms with Gasteiger partial charge in [0.1, 0.15) is 0 Å². The Balaban J connectivity index is 1.72. The largest absolute Gasteiger partial charge is 0.466 e. The number of aryl methyl sites for hydroxylation is 1. The fraction of sp³-hybridized carbons (Fsp3) is 0.700. The van der Waals surface area contributed by atoms with Crippen LogP contribution in [-0.2, 0) is 23.1 Å². The molecule has 0 saturated carbocycles. The van der Waals surface area contributed by atoms with Gasteiger partial charge in [0.05, 0.1) is 12.5 Å². The average Bonchev–Trinajstić information content (AvgIpc) is 3.16. The summed E-state index contributed by atoms with van der Waals surface area (Å²) in [5, 5.41) is 3.35. The average molecular weight is 418 g/mol. The number of piperidine rings is 1. The molecule has 4 heterocycles. The summed E-state index contributed by atoms with van der Waals surface area (Å²) in [5.41, 5.74) is 0.905. The number of ether oxygens (including phenoxy) is 1. The molecule has 2 fully saturated rings. The molecule has 10 nitrogen and oxygen atoms in total. The molecule has 2 aromatic rings. The van der Waals surface area contributed by atoms with Gasteiger partial charge in [-0.3, -0.25) is 14.2 Å². The van der Waals surface area contributed by atoms with Gasteiger partial charge in [-0.05, 0) is 26.7 Å². The number of esters is 1. The third-order valence-electron chi connectivity index (χ3n) is 5.98. The Morgan fingerprint density at radius 1 is 1.13 bits per heavy atom. The minimum Gasteiger partial charge on any atom is -0.466 e. The summed E-state index contributed by atoms with van der Waals surface area (Å²) in [5.74, 6) is 0.994. The topological polar surface area (TPSA) is 97.5 Å². The van der Waals surface area contributed by atoms with Crippen molar-refractivity contribution in [1.82, 2.24) is 24.4 Å². The van der Waals surface area contributed by atoms with Crippen molar-refractivity contribution in [3.63, 3.8) is 0 Å². The smallest absolute Gasteiger partial charge is 0.310 e. The molecule has 1 N–H and O–H groups in total. The first-order valence-electron chi connectivity index (χ1n) is 10.9. The van der Waals surface area contributed by atoms with Crippen LogP contribution < -0.4 is 20.7 Å². The van der Waals surface area contributed by atoms with Crippen LogP contribution in [0.4, 0.5) is 11.9 Å². The van der Waals surface area contributed by atoms with Crippen molar-refractivity contribution >= 4 is 29.0 Å². The van der Waals surface area contributed by atoms with Crippen LogP contribution in [0.15, 0.2) is 4.79 Å². The van der Waals surface area contributed by atoms with E-state index in [1.807, 2.05) is 23.3 Å². The number of carbonyl (C=O) groups is 1. The molecule has 10 heteroatoms. The first kappa shape index (κ1) is 20.6. The van der Waals surface area contributed by atoms with Gasteiger partial charge in [-0.15, -0.1) is 0 Å². The van der Waals surface area contributed by atoms with Gasteiger partial charge < -0.3 is 24.4 Å². The number of rotatable bonds is 5. The Hall–Kier alpha value is -2.62. The minimum absolute atomic E-state index is 0.107. The molecule has 0 unspecified atom stereocenters. The first-order chi connectivity index (χ1) is 14.5. The number of piperazine rings is 1. The van der Waals surface area contributed by atoms with Crippen LogP contribution in [-0.4, -0.2) is 70.9 Å². The Bertz CT molecular complexity index is 977. The maximum absolute atomic E-state index is 13.3. The van der Waals surface area contributed by atoms with E-state index in [0.29, 0.717) is 36.8 Å². The zero-order chi connectivity index (χ0) is 21.3. The summed E-state index contributed by atoms with van der Waals surface area (Å²) in [6.45, 7) is 9.62. The molecule has 0 aromatic carbocycles. The van der Waals surface area contributed by atoms with Crippen LogP contribution in [0.25, 0.3) is 11.2 Å². The van der Waals surface area contributed by atoms with Crippen LogP contribution in [0.5, 0.6) is 0 Å². The molecule has 0 radical (unpaired) electrons. The zero-order valence-electron chi connectivity index (χ0n) is 18.1. The van der Waals surface area contributed by atoms with Crippen LogP contribution in [0.3, 0.4) is 0 Å². The molecular weight excluding hydrogens is 386 g/mol. The molecule has 2 aliphatic rings. The van der Waals surface area contributed by atoms with Gasteiger partial charge in [-0.1, -0.05) is 0 Å². The second-order valence-electron chi connectivity index (χ2n) is 7.88. The number of nitrogens with zero attached hydrogens (tertiary/aromatic N) is 6. The van der Waals surface area contributed by atoms with Crippen LogP contribution in [0, 0.1) is 5.92 Å². The predicted molar refractivity (Wildman–Crippen MR) is 115 cm³/mol. The molecule has 2 aliphatic heterocycles. The standard InChI is InChI=1S/C20H31N7O3/c1-4-27-15-16(23-20(27)25-11-8-21-9-12-25)22-19(24(3)17(15)28)26-10-6-7-14(13-26)18(29)30-5-2/h14,21H,4-13H2,1-3H3/t14-/m1/s1. The van der Waals surface area contributed by atoms with E-state index in [2.05, 4.69) is 10.2 Å². The first-order valence-corrected chi connectivity index (χ1v) is 10.9. The molecule has 0 aliphatic carbocycles. The Morgan fingerprint density at radius 2 is 1.87 bits per heavy atom. The third-order valence-corrected chi connectivity index (χ3v) is 5.98. The van der Waals surface area contributed by atoms with Crippen molar-refractivity contribution in [3.8, 4) is 0 Å². The SMILES string of the molecule is CCOC(=O)[C@@H]1CCCN(c2nc3nc(N4CCNCC4)n(CC)c3c(=O)n2C)C1. The fourth-order valence-corrected chi connectivity index (χ4v) is 4.44. The number of aromatic nitrogens is 4. The van der Waals surface area contributed by atoms with E-state index in [1.165, 1.54) is 0 Å². The highest BCUT2D eigenvalue weighted by Gasteiger charge is 2.30. The number of anilines is 2. The third kappa shape index (κ3) is 3.64. The van der Waals surface area contributed by atoms with E-state index in [0.717, 1.165) is 51.5 Å². The van der Waals surface area contributed by atoms with Gasteiger partial charge in [-0.2, -0.15) is 9.97 Å². The van der Waals surface area contributed by atoms with Gasteiger partial charge in [0.25, 0.3) is 5.56 Å². The van der Waals surface area contributed by atoms with E-state index in [-0.39, 0.29) is 17.4 Å². The summed E-state index contributed by atoms with van der Waals surface area (Å²) in [4.78, 5) is 39.3. The van der Waals surface area contributed by atoms with Gasteiger partial charge in [0, 0.05) is 52.9 Å². The lowest BCUT2D eigenvalue weighted by Crippen LogP contribution is -2.44. The number of hydrogen-bond acceptors (Lipinski definition) is 8. The van der Waals surface area contributed by atoms with Crippen molar-refractivity contribution in [2.75, 3.05) is 55.7 Å². The number of nitrogens with one attached hydrogen (secondary N) is 1. The zero-order valence-corrected chi connectivity index (χ0v) is 18.1. The number of hydrogen-bond donors (Lipinski definition) is 1. The highest BCUT2D eigenvalue weighted by Crippen LogP contribution is 2.25. The van der Waals surface area contributed by atoms with Gasteiger partial charge >= 0.3 is 5.97 Å². The van der Waals surface area contributed by atoms with Crippen molar-refractivity contribution in [2.45, 2.75) is 33.2 Å². The monoisotopic (exact) mass is 417 g/mol. The van der Waals surface area contributed by atoms with E-state index < -0.39 is 0 Å². The summed E-state index contributed by atoms with van der Waals surface area (Å²) in [6.07, 6.45) is 1.65. The lowest BCUT2D eigenvalue weighted by atomic mass is 9.98. The van der Waals surface area contributed by atoms with Crippen LogP contribution in [0.1, 0.15) is 26.7 Å². The Morgan fingerprint density at radius 3 is 2.57 bits per heavy atom. The number of imidazole rings is 1. The van der Waals surface area contributed by atoms with Crippen LogP contribution in [0.2, 0.25) is 0 Å². The molecule has 0 bridgehead atoms. The second kappa shape index (κ2) is 8.63. The summed E-state index contributed by atoms with van der Waals surface area (Å²) in [7, 11) is 1.75.